The van der Waals surface area contributed by atoms with E-state index in [4.69, 9.17) is 0 Å². The monoisotopic (exact) mass is 562 g/mol. The fourth-order valence-corrected chi connectivity index (χ4v) is 5.19. The van der Waals surface area contributed by atoms with Gasteiger partial charge >= 0.3 is 12.4 Å². The maximum Gasteiger partial charge on any atom is 0.416 e. The average Bonchev–Trinajstić information content (AvgIpc) is 3.20. The standard InChI is InChI=1S/C26H32F6N4OS/c1-3-35(4-2)12-6-5-11-33-23-22(38-24(37)34-23)15-18-9-13-36(14-10-18)17-19-7-8-20(25(27,28)29)16-21(19)26(30,31)32/h5-8,15-16,18H,3-4,9-14,17H2,1-2H3,(H,33,34,37)/b6-5-,22-15?. The van der Waals surface area contributed by atoms with Crippen LogP contribution >= 0.6 is 11.8 Å². The first-order chi connectivity index (χ1) is 17.9. The number of piperidine rings is 1. The van der Waals surface area contributed by atoms with Gasteiger partial charge in [0.05, 0.1) is 22.6 Å². The Hall–Kier alpha value is -2.31. The molecule has 38 heavy (non-hydrogen) atoms. The van der Waals surface area contributed by atoms with Gasteiger partial charge in [-0.25, -0.2) is 0 Å². The smallest absolute Gasteiger partial charge is 0.300 e. The molecule has 0 spiro atoms. The molecular weight excluding hydrogens is 530 g/mol. The molecule has 2 fully saturated rings. The number of allylic oxidation sites excluding steroid dienone is 1. The van der Waals surface area contributed by atoms with Crippen molar-refractivity contribution in [1.82, 2.24) is 15.1 Å². The molecule has 0 unspecified atom stereocenters. The Morgan fingerprint density at radius 1 is 1.08 bits per heavy atom. The lowest BCUT2D eigenvalue weighted by atomic mass is 9.95. The Morgan fingerprint density at radius 3 is 2.37 bits per heavy atom. The third-order valence-corrected chi connectivity index (χ3v) is 7.43. The molecule has 2 aliphatic heterocycles. The molecule has 0 radical (unpaired) electrons. The highest BCUT2D eigenvalue weighted by Crippen LogP contribution is 2.38. The minimum atomic E-state index is -4.88. The quantitative estimate of drug-likeness (QED) is 0.273. The molecule has 1 amide bonds. The van der Waals surface area contributed by atoms with Gasteiger partial charge in [0.2, 0.25) is 0 Å². The summed E-state index contributed by atoms with van der Waals surface area (Å²) in [6.07, 6.45) is -2.45. The van der Waals surface area contributed by atoms with Gasteiger partial charge in [0, 0.05) is 13.1 Å². The van der Waals surface area contributed by atoms with E-state index in [0.717, 1.165) is 42.4 Å². The van der Waals surface area contributed by atoms with Gasteiger partial charge in [-0.2, -0.15) is 26.3 Å². The van der Waals surface area contributed by atoms with Crippen molar-refractivity contribution in [1.29, 1.82) is 0 Å². The number of thioether (sulfide) groups is 1. The van der Waals surface area contributed by atoms with Crippen molar-refractivity contribution >= 4 is 22.8 Å². The van der Waals surface area contributed by atoms with E-state index in [2.05, 4.69) is 29.1 Å². The number of likely N-dealkylation sites (N-methyl/N-ethyl adjacent to an activating group) is 1. The predicted molar refractivity (Wildman–Crippen MR) is 138 cm³/mol. The maximum absolute atomic E-state index is 13.5. The third kappa shape index (κ3) is 8.60. The molecule has 3 rings (SSSR count). The molecular formula is C26H32F6N4OS. The highest BCUT2D eigenvalue weighted by molar-refractivity contribution is 8.18. The molecule has 0 aliphatic carbocycles. The molecule has 2 aliphatic rings. The highest BCUT2D eigenvalue weighted by atomic mass is 32.2. The van der Waals surface area contributed by atoms with Crippen molar-refractivity contribution in [2.75, 3.05) is 39.3 Å². The number of carbonyl (C=O) groups excluding carboxylic acids is 1. The summed E-state index contributed by atoms with van der Waals surface area (Å²) < 4.78 is 79.3. The number of amides is 1. The maximum atomic E-state index is 13.5. The van der Waals surface area contributed by atoms with Crippen LogP contribution in [0.25, 0.3) is 0 Å². The number of hydrogen-bond donors (Lipinski definition) is 1. The Kier molecular flexibility index (Phi) is 10.5. The van der Waals surface area contributed by atoms with E-state index < -0.39 is 23.5 Å². The van der Waals surface area contributed by atoms with Crippen LogP contribution < -0.4 is 5.32 Å². The lowest BCUT2D eigenvalue weighted by Crippen LogP contribution is -2.33. The van der Waals surface area contributed by atoms with Crippen molar-refractivity contribution in [3.63, 3.8) is 0 Å². The second kappa shape index (κ2) is 13.2. The van der Waals surface area contributed by atoms with Crippen LogP contribution in [-0.4, -0.2) is 60.1 Å². The summed E-state index contributed by atoms with van der Waals surface area (Å²) in [5.41, 5.74) is -2.74. The zero-order chi connectivity index (χ0) is 27.9. The number of hydrogen-bond acceptors (Lipinski definition) is 5. The van der Waals surface area contributed by atoms with Crippen LogP contribution in [0.15, 0.2) is 46.3 Å². The normalized spacial score (nSPS) is 20.4. The fraction of sp³-hybridized carbons (Fsp3) is 0.538. The summed E-state index contributed by atoms with van der Waals surface area (Å²) in [5, 5.41) is 2.55. The average molecular weight is 563 g/mol. The van der Waals surface area contributed by atoms with E-state index >= 15 is 0 Å². The van der Waals surface area contributed by atoms with E-state index in [1.807, 2.05) is 23.1 Å². The van der Waals surface area contributed by atoms with E-state index in [1.165, 1.54) is 0 Å². The van der Waals surface area contributed by atoms with Crippen LogP contribution in [-0.2, 0) is 18.9 Å². The summed E-state index contributed by atoms with van der Waals surface area (Å²) in [4.78, 5) is 21.3. The van der Waals surface area contributed by atoms with E-state index in [-0.39, 0.29) is 29.3 Å². The number of rotatable bonds is 9. The van der Waals surface area contributed by atoms with Crippen molar-refractivity contribution in [3.8, 4) is 0 Å². The Balaban J connectivity index is 1.60. The topological polar surface area (TPSA) is 47.9 Å². The van der Waals surface area contributed by atoms with Crippen LogP contribution in [0.3, 0.4) is 0 Å². The van der Waals surface area contributed by atoms with Crippen LogP contribution in [0.4, 0.5) is 31.1 Å². The van der Waals surface area contributed by atoms with Crippen LogP contribution in [0.5, 0.6) is 0 Å². The van der Waals surface area contributed by atoms with Gasteiger partial charge in [-0.05, 0) is 74.4 Å². The summed E-state index contributed by atoms with van der Waals surface area (Å²) in [6.45, 7) is 8.26. The molecule has 1 N–H and O–H groups in total. The molecule has 1 aromatic carbocycles. The van der Waals surface area contributed by atoms with Crippen molar-refractivity contribution in [3.05, 3.63) is 58.0 Å². The number of amidine groups is 1. The number of aliphatic imine (C=N–C) groups is 1. The molecule has 12 heteroatoms. The summed E-state index contributed by atoms with van der Waals surface area (Å²) in [6, 6.07) is 1.81. The third-order valence-electron chi connectivity index (χ3n) is 6.59. The summed E-state index contributed by atoms with van der Waals surface area (Å²) in [5.74, 6) is 0.633. The summed E-state index contributed by atoms with van der Waals surface area (Å²) in [7, 11) is 0. The van der Waals surface area contributed by atoms with Gasteiger partial charge in [-0.15, -0.1) is 0 Å². The van der Waals surface area contributed by atoms with Crippen molar-refractivity contribution < 1.29 is 31.1 Å². The lowest BCUT2D eigenvalue weighted by Gasteiger charge is -2.31. The van der Waals surface area contributed by atoms with Gasteiger partial charge in [-0.1, -0.05) is 38.1 Å². The number of nitrogens with zero attached hydrogens (tertiary/aromatic N) is 3. The van der Waals surface area contributed by atoms with Crippen molar-refractivity contribution in [2.24, 2.45) is 10.9 Å². The SMILES string of the molecule is CCN(CC)C/C=C\CN=C1NC(=O)SC1=CC1CCN(Cc2ccc(C(F)(F)F)cc2C(F)(F)F)CC1. The predicted octanol–water partition coefficient (Wildman–Crippen LogP) is 6.57. The largest absolute Gasteiger partial charge is 0.416 e. The molecule has 0 saturated carbocycles. The number of likely N-dealkylation sites (tertiary alicyclic amines) is 1. The molecule has 2 heterocycles. The van der Waals surface area contributed by atoms with Crippen LogP contribution in [0.1, 0.15) is 43.4 Å². The lowest BCUT2D eigenvalue weighted by molar-refractivity contribution is -0.143. The number of benzene rings is 1. The molecule has 210 valence electrons. The van der Waals surface area contributed by atoms with Crippen molar-refractivity contribution in [2.45, 2.75) is 45.6 Å². The second-order valence-electron chi connectivity index (χ2n) is 9.17. The Morgan fingerprint density at radius 2 is 1.76 bits per heavy atom. The van der Waals surface area contributed by atoms with Gasteiger partial charge in [0.1, 0.15) is 5.84 Å². The second-order valence-corrected chi connectivity index (χ2v) is 10.2. The van der Waals surface area contributed by atoms with Gasteiger partial charge in [0.15, 0.2) is 0 Å². The molecule has 0 atom stereocenters. The first kappa shape index (κ1) is 30.2. The first-order valence-electron chi connectivity index (χ1n) is 12.5. The minimum absolute atomic E-state index is 0.0857. The first-order valence-corrected chi connectivity index (χ1v) is 13.3. The number of carbonyl (C=O) groups is 1. The Bertz CT molecular complexity index is 1050. The minimum Gasteiger partial charge on any atom is -0.300 e. The Labute approximate surface area is 223 Å². The van der Waals surface area contributed by atoms with E-state index in [9.17, 15) is 31.1 Å². The highest BCUT2D eigenvalue weighted by Gasteiger charge is 2.38. The van der Waals surface area contributed by atoms with Gasteiger partial charge in [-0.3, -0.25) is 14.7 Å². The zero-order valence-electron chi connectivity index (χ0n) is 21.3. The number of nitrogens with one attached hydrogen (secondary N) is 1. The number of alkyl halides is 6. The molecule has 0 bridgehead atoms. The van der Waals surface area contributed by atoms with E-state index in [0.29, 0.717) is 44.4 Å². The van der Waals surface area contributed by atoms with Gasteiger partial charge in [0.25, 0.3) is 5.24 Å². The van der Waals surface area contributed by atoms with Crippen LogP contribution in [0, 0.1) is 5.92 Å². The molecule has 1 aromatic rings. The zero-order valence-corrected chi connectivity index (χ0v) is 22.1. The van der Waals surface area contributed by atoms with E-state index in [1.54, 1.807) is 0 Å². The molecule has 0 aromatic heterocycles. The van der Waals surface area contributed by atoms with Gasteiger partial charge < -0.3 is 10.2 Å². The summed E-state index contributed by atoms with van der Waals surface area (Å²) >= 11 is 1.07. The number of halogens is 6. The van der Waals surface area contributed by atoms with Crippen LogP contribution in [0.2, 0.25) is 0 Å². The molecule has 2 saturated heterocycles. The molecule has 5 nitrogen and oxygen atoms in total. The fourth-order valence-electron chi connectivity index (χ4n) is 4.37.